The number of hydrogen-bond acceptors (Lipinski definition) is 4. The Morgan fingerprint density at radius 3 is 2.91 bits per heavy atom. The maximum atomic E-state index is 12.5. The van der Waals surface area contributed by atoms with Crippen LogP contribution in [0.4, 0.5) is 10.5 Å². The Labute approximate surface area is 127 Å². The Balaban J connectivity index is 1.91. The van der Waals surface area contributed by atoms with Gasteiger partial charge >= 0.3 is 6.03 Å². The van der Waals surface area contributed by atoms with Crippen LogP contribution in [0.5, 0.6) is 5.88 Å². The minimum Gasteiger partial charge on any atom is -0.478 e. The summed E-state index contributed by atoms with van der Waals surface area (Å²) in [4.78, 5) is 33.4. The van der Waals surface area contributed by atoms with E-state index in [-0.39, 0.29) is 22.7 Å². The van der Waals surface area contributed by atoms with Gasteiger partial charge in [0.25, 0.3) is 0 Å². The van der Waals surface area contributed by atoms with Crippen molar-refractivity contribution in [3.8, 4) is 5.88 Å². The second kappa shape index (κ2) is 6.05. The number of rotatable bonds is 3. The molecule has 1 saturated heterocycles. The van der Waals surface area contributed by atoms with Gasteiger partial charge in [0.05, 0.1) is 12.1 Å². The minimum absolute atomic E-state index is 0.200. The van der Waals surface area contributed by atoms with E-state index in [1.807, 2.05) is 6.92 Å². The van der Waals surface area contributed by atoms with Crippen LogP contribution in [0.15, 0.2) is 23.1 Å². The largest absolute Gasteiger partial charge is 0.478 e. The summed E-state index contributed by atoms with van der Waals surface area (Å²) >= 11 is 0. The number of nitrogens with one attached hydrogen (secondary N) is 2. The number of pyridine rings is 2. The lowest BCUT2D eigenvalue weighted by atomic mass is 10.3. The second-order valence-electron chi connectivity index (χ2n) is 5.13. The molecule has 2 N–H and O–H groups in total. The van der Waals surface area contributed by atoms with E-state index in [1.165, 1.54) is 6.20 Å². The van der Waals surface area contributed by atoms with E-state index in [9.17, 15) is 9.59 Å². The van der Waals surface area contributed by atoms with Crippen molar-refractivity contribution in [3.05, 3.63) is 28.6 Å². The van der Waals surface area contributed by atoms with E-state index in [4.69, 9.17) is 4.74 Å². The Morgan fingerprint density at radius 1 is 1.41 bits per heavy atom. The highest BCUT2D eigenvalue weighted by Crippen LogP contribution is 2.15. The first-order valence-corrected chi connectivity index (χ1v) is 7.40. The Morgan fingerprint density at radius 2 is 2.18 bits per heavy atom. The highest BCUT2D eigenvalue weighted by Gasteiger charge is 2.19. The van der Waals surface area contributed by atoms with E-state index in [0.717, 1.165) is 25.9 Å². The molecular weight excluding hydrogens is 284 g/mol. The molecule has 3 rings (SSSR count). The van der Waals surface area contributed by atoms with Crippen LogP contribution in [0.1, 0.15) is 19.8 Å². The molecule has 0 aliphatic carbocycles. The van der Waals surface area contributed by atoms with Crippen molar-refractivity contribution in [2.24, 2.45) is 0 Å². The Kier molecular flexibility index (Phi) is 3.95. The SMILES string of the molecule is CCOc1ccc2[nH]cc(NC(=O)N3CCCC3)c(=O)c2n1. The molecule has 2 aromatic rings. The Hall–Kier alpha value is -2.57. The molecule has 2 amide bonds. The third-order valence-electron chi connectivity index (χ3n) is 3.63. The normalized spacial score (nSPS) is 14.3. The van der Waals surface area contributed by atoms with Gasteiger partial charge in [-0.15, -0.1) is 0 Å². The van der Waals surface area contributed by atoms with Crippen molar-refractivity contribution in [3.63, 3.8) is 0 Å². The molecule has 22 heavy (non-hydrogen) atoms. The molecule has 1 fully saturated rings. The molecule has 0 atom stereocenters. The lowest BCUT2D eigenvalue weighted by Gasteiger charge is -2.15. The number of amides is 2. The lowest BCUT2D eigenvalue weighted by Crippen LogP contribution is -2.33. The van der Waals surface area contributed by atoms with Gasteiger partial charge in [-0.1, -0.05) is 0 Å². The summed E-state index contributed by atoms with van der Waals surface area (Å²) in [5.41, 5.74) is 0.742. The summed E-state index contributed by atoms with van der Waals surface area (Å²) in [7, 11) is 0. The summed E-state index contributed by atoms with van der Waals surface area (Å²) in [6, 6.07) is 3.19. The number of H-pyrrole nitrogens is 1. The highest BCUT2D eigenvalue weighted by molar-refractivity contribution is 5.91. The zero-order valence-electron chi connectivity index (χ0n) is 12.4. The van der Waals surface area contributed by atoms with Gasteiger partial charge in [-0.05, 0) is 25.8 Å². The Bertz CT molecular complexity index is 750. The van der Waals surface area contributed by atoms with Crippen LogP contribution in [0.25, 0.3) is 11.0 Å². The number of aromatic amines is 1. The number of carbonyl (C=O) groups is 1. The van der Waals surface area contributed by atoms with E-state index in [0.29, 0.717) is 18.0 Å². The quantitative estimate of drug-likeness (QED) is 0.907. The van der Waals surface area contributed by atoms with Gasteiger partial charge in [0.15, 0.2) is 0 Å². The van der Waals surface area contributed by atoms with Gasteiger partial charge in [-0.3, -0.25) is 4.79 Å². The zero-order chi connectivity index (χ0) is 15.5. The standard InChI is InChI=1S/C15H18N4O3/c1-2-22-12-6-5-10-13(18-12)14(20)11(9-16-10)17-15(21)19-7-3-4-8-19/h5-6,9H,2-4,7-8H2,1H3,(H,16,20)(H,17,21). The minimum atomic E-state index is -0.317. The number of fused-ring (bicyclic) bond motifs is 1. The number of aromatic nitrogens is 2. The molecule has 1 aliphatic rings. The maximum Gasteiger partial charge on any atom is 0.321 e. The fourth-order valence-corrected chi connectivity index (χ4v) is 2.51. The fourth-order valence-electron chi connectivity index (χ4n) is 2.51. The molecule has 0 aromatic carbocycles. The van der Waals surface area contributed by atoms with Crippen LogP contribution in [-0.4, -0.2) is 40.6 Å². The van der Waals surface area contributed by atoms with Gasteiger partial charge in [0, 0.05) is 25.4 Å². The van der Waals surface area contributed by atoms with Crippen molar-refractivity contribution < 1.29 is 9.53 Å². The van der Waals surface area contributed by atoms with Gasteiger partial charge in [-0.25, -0.2) is 9.78 Å². The molecule has 0 unspecified atom stereocenters. The summed E-state index contributed by atoms with van der Waals surface area (Å²) < 4.78 is 5.31. The first kappa shape index (κ1) is 14.4. The molecule has 3 heterocycles. The summed E-state index contributed by atoms with van der Waals surface area (Å²) in [5, 5.41) is 2.66. The fraction of sp³-hybridized carbons (Fsp3) is 0.400. The molecule has 2 aromatic heterocycles. The van der Waals surface area contributed by atoms with Crippen LogP contribution in [0, 0.1) is 0 Å². The number of likely N-dealkylation sites (tertiary alicyclic amines) is 1. The second-order valence-corrected chi connectivity index (χ2v) is 5.13. The molecule has 116 valence electrons. The van der Waals surface area contributed by atoms with E-state index in [1.54, 1.807) is 17.0 Å². The molecular formula is C15H18N4O3. The first-order valence-electron chi connectivity index (χ1n) is 7.40. The molecule has 0 saturated carbocycles. The van der Waals surface area contributed by atoms with Crippen molar-refractivity contribution in [2.75, 3.05) is 25.0 Å². The van der Waals surface area contributed by atoms with Crippen LogP contribution < -0.4 is 15.5 Å². The average Bonchev–Trinajstić information content (AvgIpc) is 3.05. The smallest absolute Gasteiger partial charge is 0.321 e. The summed E-state index contributed by atoms with van der Waals surface area (Å²) in [5.74, 6) is 0.392. The maximum absolute atomic E-state index is 12.5. The van der Waals surface area contributed by atoms with Crippen LogP contribution >= 0.6 is 0 Å². The predicted molar refractivity (Wildman–Crippen MR) is 83.4 cm³/mol. The highest BCUT2D eigenvalue weighted by atomic mass is 16.5. The number of ether oxygens (including phenoxy) is 1. The van der Waals surface area contributed by atoms with Crippen molar-refractivity contribution in [2.45, 2.75) is 19.8 Å². The van der Waals surface area contributed by atoms with E-state index >= 15 is 0 Å². The van der Waals surface area contributed by atoms with Gasteiger partial charge < -0.3 is 19.9 Å². The molecule has 0 spiro atoms. The number of carbonyl (C=O) groups excluding carboxylic acids is 1. The average molecular weight is 302 g/mol. The van der Waals surface area contributed by atoms with Gasteiger partial charge in [0.2, 0.25) is 11.3 Å². The van der Waals surface area contributed by atoms with E-state index < -0.39 is 0 Å². The summed E-state index contributed by atoms with van der Waals surface area (Å²) in [6.45, 7) is 3.78. The van der Waals surface area contributed by atoms with Crippen molar-refractivity contribution in [1.29, 1.82) is 0 Å². The van der Waals surface area contributed by atoms with Crippen LogP contribution in [0.2, 0.25) is 0 Å². The lowest BCUT2D eigenvalue weighted by molar-refractivity contribution is 0.222. The molecule has 0 radical (unpaired) electrons. The molecule has 1 aliphatic heterocycles. The number of nitrogens with zero attached hydrogens (tertiary/aromatic N) is 2. The number of anilines is 1. The van der Waals surface area contributed by atoms with Gasteiger partial charge in [-0.2, -0.15) is 0 Å². The van der Waals surface area contributed by atoms with Crippen LogP contribution in [0.3, 0.4) is 0 Å². The predicted octanol–water partition coefficient (Wildman–Crippen LogP) is 1.95. The monoisotopic (exact) mass is 302 g/mol. The van der Waals surface area contributed by atoms with Gasteiger partial charge in [0.1, 0.15) is 11.2 Å². The molecule has 7 nitrogen and oxygen atoms in total. The van der Waals surface area contributed by atoms with Crippen molar-refractivity contribution in [1.82, 2.24) is 14.9 Å². The topological polar surface area (TPSA) is 87.3 Å². The number of urea groups is 1. The third kappa shape index (κ3) is 2.74. The first-order chi connectivity index (χ1) is 10.7. The molecule has 7 heteroatoms. The third-order valence-corrected chi connectivity index (χ3v) is 3.63. The molecule has 0 bridgehead atoms. The zero-order valence-corrected chi connectivity index (χ0v) is 12.4. The van der Waals surface area contributed by atoms with E-state index in [2.05, 4.69) is 15.3 Å². The van der Waals surface area contributed by atoms with Crippen molar-refractivity contribution >= 4 is 22.8 Å². The number of hydrogen-bond donors (Lipinski definition) is 2. The summed E-state index contributed by atoms with van der Waals surface area (Å²) in [6.07, 6.45) is 3.50. The van der Waals surface area contributed by atoms with Crippen LogP contribution in [-0.2, 0) is 0 Å².